The third-order valence-electron chi connectivity index (χ3n) is 2.58. The summed E-state index contributed by atoms with van der Waals surface area (Å²) >= 11 is 0. The summed E-state index contributed by atoms with van der Waals surface area (Å²) in [7, 11) is 0. The van der Waals surface area contributed by atoms with E-state index in [0.29, 0.717) is 11.4 Å². The van der Waals surface area contributed by atoms with Crippen molar-refractivity contribution in [1.82, 2.24) is 4.98 Å². The molecule has 0 saturated carbocycles. The lowest BCUT2D eigenvalue weighted by atomic mass is 10.2. The normalized spacial score (nSPS) is 10.2. The fraction of sp³-hybridized carbons (Fsp3) is 0.250. The minimum Gasteiger partial charge on any atom is -0.491 e. The molecule has 0 atom stereocenters. The molecule has 20 heavy (non-hydrogen) atoms. The van der Waals surface area contributed by atoms with E-state index < -0.39 is 0 Å². The van der Waals surface area contributed by atoms with Crippen molar-refractivity contribution in [1.29, 1.82) is 5.26 Å². The Hall–Kier alpha value is -2.54. The number of hydrogen-bond donors (Lipinski definition) is 1. The Bertz CT molecular complexity index is 627. The largest absolute Gasteiger partial charge is 0.491 e. The predicted molar refractivity (Wildman–Crippen MR) is 79.2 cm³/mol. The molecule has 0 aliphatic carbocycles. The topological polar surface area (TPSA) is 57.9 Å². The Morgan fingerprint density at radius 2 is 1.90 bits per heavy atom. The van der Waals surface area contributed by atoms with Crippen molar-refractivity contribution < 1.29 is 4.74 Å². The molecule has 0 aliphatic rings. The van der Waals surface area contributed by atoms with Crippen LogP contribution in [0.25, 0.3) is 0 Å². The van der Waals surface area contributed by atoms with Gasteiger partial charge >= 0.3 is 0 Å². The molecule has 2 rings (SSSR count). The first kappa shape index (κ1) is 13.9. The molecular formula is C16H17N3O. The van der Waals surface area contributed by atoms with Crippen LogP contribution in [0.4, 0.5) is 11.5 Å². The van der Waals surface area contributed by atoms with E-state index in [4.69, 9.17) is 10.00 Å². The summed E-state index contributed by atoms with van der Waals surface area (Å²) < 4.78 is 5.59. The fourth-order valence-electron chi connectivity index (χ4n) is 1.83. The van der Waals surface area contributed by atoms with Crippen molar-refractivity contribution in [2.45, 2.75) is 26.9 Å². The van der Waals surface area contributed by atoms with Crippen LogP contribution >= 0.6 is 0 Å². The van der Waals surface area contributed by atoms with Gasteiger partial charge in [0.2, 0.25) is 0 Å². The Morgan fingerprint density at radius 1 is 1.20 bits per heavy atom. The quantitative estimate of drug-likeness (QED) is 0.915. The van der Waals surface area contributed by atoms with E-state index in [1.54, 1.807) is 12.1 Å². The van der Waals surface area contributed by atoms with Crippen LogP contribution in [0.1, 0.15) is 25.1 Å². The lowest BCUT2D eigenvalue weighted by Gasteiger charge is -2.11. The lowest BCUT2D eigenvalue weighted by Crippen LogP contribution is -2.05. The van der Waals surface area contributed by atoms with E-state index in [0.717, 1.165) is 17.1 Å². The number of anilines is 2. The maximum Gasteiger partial charge on any atom is 0.131 e. The van der Waals surface area contributed by atoms with E-state index >= 15 is 0 Å². The zero-order chi connectivity index (χ0) is 14.5. The van der Waals surface area contributed by atoms with Crippen LogP contribution in [0, 0.1) is 18.3 Å². The maximum atomic E-state index is 8.95. The monoisotopic (exact) mass is 267 g/mol. The van der Waals surface area contributed by atoms with Gasteiger partial charge in [0.05, 0.1) is 17.7 Å². The molecule has 1 aromatic heterocycles. The van der Waals surface area contributed by atoms with Gasteiger partial charge in [0.1, 0.15) is 11.6 Å². The molecule has 0 amide bonds. The maximum absolute atomic E-state index is 8.95. The van der Waals surface area contributed by atoms with Crippen molar-refractivity contribution in [2.75, 3.05) is 5.32 Å². The second kappa shape index (κ2) is 6.07. The van der Waals surface area contributed by atoms with Gasteiger partial charge in [-0.05, 0) is 57.2 Å². The molecule has 102 valence electrons. The van der Waals surface area contributed by atoms with Crippen molar-refractivity contribution in [3.8, 4) is 11.8 Å². The summed E-state index contributed by atoms with van der Waals surface area (Å²) in [5, 5.41) is 12.1. The summed E-state index contributed by atoms with van der Waals surface area (Å²) in [6.07, 6.45) is 0.158. The molecule has 1 N–H and O–H groups in total. The third kappa shape index (κ3) is 3.72. The number of hydrogen-bond acceptors (Lipinski definition) is 4. The van der Waals surface area contributed by atoms with Crippen molar-refractivity contribution >= 4 is 11.5 Å². The van der Waals surface area contributed by atoms with Gasteiger partial charge < -0.3 is 10.1 Å². The molecule has 4 nitrogen and oxygen atoms in total. The van der Waals surface area contributed by atoms with E-state index in [9.17, 15) is 0 Å². The van der Waals surface area contributed by atoms with Crippen molar-refractivity contribution in [3.05, 3.63) is 47.7 Å². The van der Waals surface area contributed by atoms with E-state index in [1.807, 2.05) is 45.0 Å². The van der Waals surface area contributed by atoms with Gasteiger partial charge in [0.15, 0.2) is 0 Å². The molecule has 0 fully saturated rings. The molecule has 0 spiro atoms. The number of aromatic nitrogens is 1. The van der Waals surface area contributed by atoms with E-state index in [2.05, 4.69) is 16.4 Å². The Balaban J connectivity index is 2.14. The molecule has 1 heterocycles. The van der Waals surface area contributed by atoms with Gasteiger partial charge in [-0.2, -0.15) is 5.26 Å². The van der Waals surface area contributed by atoms with Crippen LogP contribution in [0.15, 0.2) is 36.4 Å². The summed E-state index contributed by atoms with van der Waals surface area (Å²) in [4.78, 5) is 4.35. The Kier molecular flexibility index (Phi) is 4.21. The first-order valence-electron chi connectivity index (χ1n) is 6.49. The van der Waals surface area contributed by atoms with Gasteiger partial charge in [-0.15, -0.1) is 0 Å². The number of rotatable bonds is 4. The zero-order valence-corrected chi connectivity index (χ0v) is 11.8. The van der Waals surface area contributed by atoms with E-state index in [1.165, 1.54) is 0 Å². The minimum absolute atomic E-state index is 0.158. The molecule has 0 aliphatic heterocycles. The molecule has 0 bridgehead atoms. The van der Waals surface area contributed by atoms with Gasteiger partial charge in [0.25, 0.3) is 0 Å². The number of nitrogens with zero attached hydrogens (tertiary/aromatic N) is 2. The second-order valence-electron chi connectivity index (χ2n) is 4.81. The highest BCUT2D eigenvalue weighted by atomic mass is 16.5. The van der Waals surface area contributed by atoms with Gasteiger partial charge in [-0.25, -0.2) is 4.98 Å². The highest BCUT2D eigenvalue weighted by Gasteiger charge is 2.02. The Morgan fingerprint density at radius 3 is 2.50 bits per heavy atom. The fourth-order valence-corrected chi connectivity index (χ4v) is 1.83. The molecule has 0 unspecified atom stereocenters. The van der Waals surface area contributed by atoms with Crippen LogP contribution in [-0.2, 0) is 0 Å². The van der Waals surface area contributed by atoms with E-state index in [-0.39, 0.29) is 6.10 Å². The highest BCUT2D eigenvalue weighted by Crippen LogP contribution is 2.20. The lowest BCUT2D eigenvalue weighted by molar-refractivity contribution is 0.242. The van der Waals surface area contributed by atoms with Crippen molar-refractivity contribution in [3.63, 3.8) is 0 Å². The molecular weight excluding hydrogens is 250 g/mol. The molecule has 0 saturated heterocycles. The van der Waals surface area contributed by atoms with Gasteiger partial charge in [-0.1, -0.05) is 0 Å². The van der Waals surface area contributed by atoms with Crippen molar-refractivity contribution in [2.24, 2.45) is 0 Å². The van der Waals surface area contributed by atoms with Crippen LogP contribution < -0.4 is 10.1 Å². The minimum atomic E-state index is 0.158. The summed E-state index contributed by atoms with van der Waals surface area (Å²) in [5.41, 5.74) is 2.31. The molecule has 4 heteroatoms. The number of nitriles is 1. The molecule has 1 aromatic carbocycles. The third-order valence-corrected chi connectivity index (χ3v) is 2.58. The number of nitrogens with one attached hydrogen (secondary N) is 1. The molecule has 2 aromatic rings. The molecule has 0 radical (unpaired) electrons. The summed E-state index contributed by atoms with van der Waals surface area (Å²) in [5.74, 6) is 1.50. The van der Waals surface area contributed by atoms with Gasteiger partial charge in [0, 0.05) is 11.4 Å². The number of aryl methyl sites for hydroxylation is 1. The second-order valence-corrected chi connectivity index (χ2v) is 4.81. The summed E-state index contributed by atoms with van der Waals surface area (Å²) in [6, 6.07) is 13.3. The van der Waals surface area contributed by atoms with Crippen LogP contribution in [0.5, 0.6) is 5.75 Å². The highest BCUT2D eigenvalue weighted by molar-refractivity contribution is 5.58. The average molecular weight is 267 g/mol. The SMILES string of the molecule is Cc1cc(C#N)cc(Nc2ccc(OC(C)C)cc2)n1. The standard InChI is InChI=1S/C16H17N3O/c1-11(2)20-15-6-4-14(5-7-15)19-16-9-13(10-17)8-12(3)18-16/h4-9,11H,1-3H3,(H,18,19). The summed E-state index contributed by atoms with van der Waals surface area (Å²) in [6.45, 7) is 5.85. The zero-order valence-electron chi connectivity index (χ0n) is 11.8. The smallest absolute Gasteiger partial charge is 0.131 e. The number of pyridine rings is 1. The van der Waals surface area contributed by atoms with Crippen LogP contribution in [-0.4, -0.2) is 11.1 Å². The first-order chi connectivity index (χ1) is 9.56. The number of benzene rings is 1. The average Bonchev–Trinajstić information content (AvgIpc) is 2.39. The van der Waals surface area contributed by atoms with Crippen LogP contribution in [0.2, 0.25) is 0 Å². The van der Waals surface area contributed by atoms with Crippen LogP contribution in [0.3, 0.4) is 0 Å². The number of ether oxygens (including phenoxy) is 1. The van der Waals surface area contributed by atoms with Gasteiger partial charge in [-0.3, -0.25) is 0 Å². The Labute approximate surface area is 119 Å². The predicted octanol–water partition coefficient (Wildman–Crippen LogP) is 3.79. The first-order valence-corrected chi connectivity index (χ1v) is 6.49.